The zero-order chi connectivity index (χ0) is 11.5. The number of rotatable bonds is 2. The molecule has 0 amide bonds. The third kappa shape index (κ3) is 2.34. The van der Waals surface area contributed by atoms with Crippen molar-refractivity contribution in [3.05, 3.63) is 69.1 Å². The van der Waals surface area contributed by atoms with Crippen molar-refractivity contribution in [2.45, 2.75) is 13.5 Å². The fraction of sp³-hybridized carbons (Fsp3) is 0.154. The van der Waals surface area contributed by atoms with Crippen molar-refractivity contribution < 1.29 is 0 Å². The zero-order valence-corrected chi connectivity index (χ0v) is 9.74. The Hall–Kier alpha value is -1.54. The van der Waals surface area contributed by atoms with Crippen molar-refractivity contribution in [2.24, 2.45) is 0 Å². The summed E-state index contributed by atoms with van der Waals surface area (Å²) in [5.74, 6) is 0. The van der Waals surface area contributed by atoms with Crippen molar-refractivity contribution in [3.63, 3.8) is 0 Å². The predicted molar refractivity (Wildman–Crippen MR) is 66.0 cm³/mol. The summed E-state index contributed by atoms with van der Waals surface area (Å²) in [6.07, 6.45) is 1.66. The van der Waals surface area contributed by atoms with Crippen LogP contribution in [0.4, 0.5) is 0 Å². The first-order chi connectivity index (χ1) is 7.66. The Labute approximate surface area is 99.1 Å². The summed E-state index contributed by atoms with van der Waals surface area (Å²) in [5.41, 5.74) is 2.27. The second kappa shape index (κ2) is 4.54. The summed E-state index contributed by atoms with van der Waals surface area (Å²) in [7, 11) is 0. The second-order valence-electron chi connectivity index (χ2n) is 3.74. The Bertz CT molecular complexity index is 560. The number of nitrogens with zero attached hydrogens (tertiary/aromatic N) is 1. The first-order valence-corrected chi connectivity index (χ1v) is 5.45. The highest BCUT2D eigenvalue weighted by Gasteiger charge is 2.01. The lowest BCUT2D eigenvalue weighted by Crippen LogP contribution is -2.19. The molecule has 3 heteroatoms. The monoisotopic (exact) mass is 233 g/mol. The van der Waals surface area contributed by atoms with Crippen LogP contribution in [-0.2, 0) is 6.54 Å². The molecule has 0 bridgehead atoms. The molecule has 1 aromatic heterocycles. The van der Waals surface area contributed by atoms with Crippen LogP contribution >= 0.6 is 11.6 Å². The van der Waals surface area contributed by atoms with Crippen molar-refractivity contribution in [3.8, 4) is 0 Å². The van der Waals surface area contributed by atoms with E-state index in [0.717, 1.165) is 5.56 Å². The highest BCUT2D eigenvalue weighted by molar-refractivity contribution is 6.30. The molecule has 0 aliphatic rings. The SMILES string of the molecule is Cc1ccccc1Cn1cc(Cl)ccc1=O. The van der Waals surface area contributed by atoms with Crippen LogP contribution in [0.15, 0.2) is 47.4 Å². The van der Waals surface area contributed by atoms with E-state index in [0.29, 0.717) is 11.6 Å². The van der Waals surface area contributed by atoms with Crippen molar-refractivity contribution in [1.82, 2.24) is 4.57 Å². The fourth-order valence-electron chi connectivity index (χ4n) is 1.60. The Balaban J connectivity index is 2.38. The van der Waals surface area contributed by atoms with Crippen LogP contribution < -0.4 is 5.56 Å². The summed E-state index contributed by atoms with van der Waals surface area (Å²) in [4.78, 5) is 11.6. The van der Waals surface area contributed by atoms with Gasteiger partial charge in [0.15, 0.2) is 0 Å². The van der Waals surface area contributed by atoms with Crippen LogP contribution in [0.5, 0.6) is 0 Å². The normalized spacial score (nSPS) is 10.4. The molecule has 0 aliphatic carbocycles. The average molecular weight is 234 g/mol. The molecular formula is C13H12ClNO. The van der Waals surface area contributed by atoms with Crippen molar-refractivity contribution in [1.29, 1.82) is 0 Å². The van der Waals surface area contributed by atoms with Gasteiger partial charge in [-0.05, 0) is 24.1 Å². The van der Waals surface area contributed by atoms with E-state index in [1.54, 1.807) is 16.8 Å². The summed E-state index contributed by atoms with van der Waals surface area (Å²) in [5, 5.41) is 0.577. The van der Waals surface area contributed by atoms with Gasteiger partial charge in [0.1, 0.15) is 0 Å². The quantitative estimate of drug-likeness (QED) is 0.782. The first kappa shape index (κ1) is 11.0. The molecule has 0 fully saturated rings. The average Bonchev–Trinajstić information content (AvgIpc) is 2.27. The largest absolute Gasteiger partial charge is 0.310 e. The zero-order valence-electron chi connectivity index (χ0n) is 8.98. The second-order valence-corrected chi connectivity index (χ2v) is 4.18. The summed E-state index contributed by atoms with van der Waals surface area (Å²) in [6, 6.07) is 11.1. The van der Waals surface area contributed by atoms with Gasteiger partial charge in [-0.15, -0.1) is 0 Å². The molecule has 2 aromatic rings. The van der Waals surface area contributed by atoms with Gasteiger partial charge in [0, 0.05) is 12.3 Å². The van der Waals surface area contributed by atoms with Crippen LogP contribution in [-0.4, -0.2) is 4.57 Å². The third-order valence-corrected chi connectivity index (χ3v) is 2.77. The van der Waals surface area contributed by atoms with Crippen LogP contribution in [0, 0.1) is 6.92 Å². The maximum Gasteiger partial charge on any atom is 0.250 e. The Morgan fingerprint density at radius 2 is 1.94 bits per heavy atom. The summed E-state index contributed by atoms with van der Waals surface area (Å²) >= 11 is 5.86. The number of aryl methyl sites for hydroxylation is 1. The summed E-state index contributed by atoms with van der Waals surface area (Å²) in [6.45, 7) is 2.59. The number of halogens is 1. The van der Waals surface area contributed by atoms with Gasteiger partial charge in [-0.25, -0.2) is 0 Å². The van der Waals surface area contributed by atoms with Crippen LogP contribution in [0.2, 0.25) is 5.02 Å². The minimum Gasteiger partial charge on any atom is -0.310 e. The Morgan fingerprint density at radius 3 is 2.69 bits per heavy atom. The van der Waals surface area contributed by atoms with Crippen molar-refractivity contribution in [2.75, 3.05) is 0 Å². The van der Waals surface area contributed by atoms with E-state index in [4.69, 9.17) is 11.6 Å². The minimum absolute atomic E-state index is 0.0346. The number of aromatic nitrogens is 1. The highest BCUT2D eigenvalue weighted by Crippen LogP contribution is 2.10. The van der Waals surface area contributed by atoms with E-state index >= 15 is 0 Å². The van der Waals surface area contributed by atoms with E-state index < -0.39 is 0 Å². The minimum atomic E-state index is -0.0346. The van der Waals surface area contributed by atoms with E-state index in [-0.39, 0.29) is 5.56 Å². The van der Waals surface area contributed by atoms with E-state index in [1.807, 2.05) is 31.2 Å². The lowest BCUT2D eigenvalue weighted by atomic mass is 10.1. The standard InChI is InChI=1S/C13H12ClNO/c1-10-4-2-3-5-11(10)8-15-9-12(14)6-7-13(15)16/h2-7,9H,8H2,1H3. The van der Waals surface area contributed by atoms with Gasteiger partial charge in [0.25, 0.3) is 5.56 Å². The number of pyridine rings is 1. The molecule has 0 aliphatic heterocycles. The van der Waals surface area contributed by atoms with Gasteiger partial charge in [-0.3, -0.25) is 4.79 Å². The lowest BCUT2D eigenvalue weighted by Gasteiger charge is -2.08. The van der Waals surface area contributed by atoms with Crippen LogP contribution in [0.25, 0.3) is 0 Å². The first-order valence-electron chi connectivity index (χ1n) is 5.07. The van der Waals surface area contributed by atoms with Gasteiger partial charge in [0.05, 0.1) is 11.6 Å². The molecule has 0 radical (unpaired) electrons. The molecule has 0 atom stereocenters. The maximum absolute atomic E-state index is 11.6. The molecule has 82 valence electrons. The fourth-order valence-corrected chi connectivity index (χ4v) is 1.78. The van der Waals surface area contributed by atoms with E-state index in [1.165, 1.54) is 11.6 Å². The molecule has 0 unspecified atom stereocenters. The van der Waals surface area contributed by atoms with Gasteiger partial charge in [-0.1, -0.05) is 35.9 Å². The van der Waals surface area contributed by atoms with Gasteiger partial charge in [-0.2, -0.15) is 0 Å². The molecule has 0 saturated heterocycles. The molecule has 0 N–H and O–H groups in total. The van der Waals surface area contributed by atoms with E-state index in [9.17, 15) is 4.79 Å². The molecule has 0 saturated carbocycles. The number of benzene rings is 1. The van der Waals surface area contributed by atoms with Gasteiger partial charge >= 0.3 is 0 Å². The lowest BCUT2D eigenvalue weighted by molar-refractivity contribution is 0.755. The topological polar surface area (TPSA) is 22.0 Å². The molecule has 2 nitrogen and oxygen atoms in total. The molecule has 16 heavy (non-hydrogen) atoms. The molecule has 1 heterocycles. The number of hydrogen-bond acceptors (Lipinski definition) is 1. The van der Waals surface area contributed by atoms with Crippen LogP contribution in [0.1, 0.15) is 11.1 Å². The summed E-state index contributed by atoms with van der Waals surface area (Å²) < 4.78 is 1.62. The predicted octanol–water partition coefficient (Wildman–Crippen LogP) is 2.86. The third-order valence-electron chi connectivity index (χ3n) is 2.55. The van der Waals surface area contributed by atoms with Crippen LogP contribution in [0.3, 0.4) is 0 Å². The van der Waals surface area contributed by atoms with Crippen molar-refractivity contribution >= 4 is 11.6 Å². The van der Waals surface area contributed by atoms with Gasteiger partial charge < -0.3 is 4.57 Å². The van der Waals surface area contributed by atoms with Gasteiger partial charge in [0.2, 0.25) is 0 Å². The smallest absolute Gasteiger partial charge is 0.250 e. The molecule has 2 rings (SSSR count). The highest BCUT2D eigenvalue weighted by atomic mass is 35.5. The number of hydrogen-bond donors (Lipinski definition) is 0. The Morgan fingerprint density at radius 1 is 1.19 bits per heavy atom. The van der Waals surface area contributed by atoms with E-state index in [2.05, 4.69) is 0 Å². The molecule has 1 aromatic carbocycles. The molecular weight excluding hydrogens is 222 g/mol. The Kier molecular flexibility index (Phi) is 3.11. The maximum atomic E-state index is 11.6. The molecule has 0 spiro atoms.